The quantitative estimate of drug-likeness (QED) is 0.589. The molecule has 1 aromatic rings. The van der Waals surface area contributed by atoms with E-state index in [1.54, 1.807) is 6.07 Å². The van der Waals surface area contributed by atoms with Gasteiger partial charge in [-0.25, -0.2) is 0 Å². The number of halogens is 1. The number of aliphatic carboxylic acids is 1. The molecule has 0 unspecified atom stereocenters. The van der Waals surface area contributed by atoms with Gasteiger partial charge in [-0.05, 0) is 18.9 Å². The second-order valence-corrected chi connectivity index (χ2v) is 4.62. The first-order chi connectivity index (χ1) is 9.49. The highest BCUT2D eigenvalue weighted by atomic mass is 35.5. The van der Waals surface area contributed by atoms with Gasteiger partial charge in [0.2, 0.25) is 0 Å². The van der Waals surface area contributed by atoms with Gasteiger partial charge in [-0.3, -0.25) is 9.59 Å². The van der Waals surface area contributed by atoms with Gasteiger partial charge in [0.15, 0.2) is 17.3 Å². The average molecular weight is 301 g/mol. The SMILES string of the molecule is COc1cc(Cl)c(C(=O)CCCCC(=O)O)cc1OC. The molecule has 0 fully saturated rings. The zero-order valence-electron chi connectivity index (χ0n) is 11.4. The summed E-state index contributed by atoms with van der Waals surface area (Å²) in [4.78, 5) is 22.4. The van der Waals surface area contributed by atoms with Crippen molar-refractivity contribution in [2.75, 3.05) is 14.2 Å². The zero-order valence-corrected chi connectivity index (χ0v) is 12.2. The van der Waals surface area contributed by atoms with Gasteiger partial charge < -0.3 is 14.6 Å². The molecule has 0 aliphatic rings. The fourth-order valence-corrected chi connectivity index (χ4v) is 2.02. The fourth-order valence-electron chi connectivity index (χ4n) is 1.76. The molecular weight excluding hydrogens is 284 g/mol. The summed E-state index contributed by atoms with van der Waals surface area (Å²) in [7, 11) is 2.97. The van der Waals surface area contributed by atoms with Crippen LogP contribution in [0.4, 0.5) is 0 Å². The molecule has 0 atom stereocenters. The van der Waals surface area contributed by atoms with Crippen molar-refractivity contribution in [2.24, 2.45) is 0 Å². The van der Waals surface area contributed by atoms with Crippen LogP contribution in [0.25, 0.3) is 0 Å². The Hall–Kier alpha value is -1.75. The minimum Gasteiger partial charge on any atom is -0.493 e. The van der Waals surface area contributed by atoms with E-state index in [4.69, 9.17) is 26.2 Å². The maximum atomic E-state index is 12.0. The van der Waals surface area contributed by atoms with Gasteiger partial charge in [0.25, 0.3) is 0 Å². The van der Waals surface area contributed by atoms with Crippen LogP contribution >= 0.6 is 11.6 Å². The summed E-state index contributed by atoms with van der Waals surface area (Å²) < 4.78 is 10.2. The second-order valence-electron chi connectivity index (χ2n) is 4.21. The van der Waals surface area contributed by atoms with Crippen LogP contribution in [0.2, 0.25) is 5.02 Å². The molecule has 1 N–H and O–H groups in total. The number of hydrogen-bond acceptors (Lipinski definition) is 4. The van der Waals surface area contributed by atoms with Crippen molar-refractivity contribution in [2.45, 2.75) is 25.7 Å². The van der Waals surface area contributed by atoms with E-state index in [0.717, 1.165) is 0 Å². The summed E-state index contributed by atoms with van der Waals surface area (Å²) in [6, 6.07) is 3.07. The molecule has 1 aromatic carbocycles. The third kappa shape index (κ3) is 4.42. The molecule has 0 bridgehead atoms. The number of hydrogen-bond donors (Lipinski definition) is 1. The predicted molar refractivity (Wildman–Crippen MR) is 75.0 cm³/mol. The Morgan fingerprint density at radius 2 is 1.65 bits per heavy atom. The minimum atomic E-state index is -0.860. The Balaban J connectivity index is 2.75. The number of carbonyl (C=O) groups excluding carboxylic acids is 1. The normalized spacial score (nSPS) is 10.2. The van der Waals surface area contributed by atoms with Gasteiger partial charge in [-0.2, -0.15) is 0 Å². The minimum absolute atomic E-state index is 0.0624. The first-order valence-corrected chi connectivity index (χ1v) is 6.54. The Morgan fingerprint density at radius 1 is 1.10 bits per heavy atom. The van der Waals surface area contributed by atoms with Crippen LogP contribution in [0.5, 0.6) is 11.5 Å². The van der Waals surface area contributed by atoms with E-state index in [2.05, 4.69) is 0 Å². The molecule has 0 radical (unpaired) electrons. The van der Waals surface area contributed by atoms with Gasteiger partial charge >= 0.3 is 5.97 Å². The molecule has 0 amide bonds. The summed E-state index contributed by atoms with van der Waals surface area (Å²) in [5.41, 5.74) is 0.361. The maximum absolute atomic E-state index is 12.0. The molecule has 0 aromatic heterocycles. The van der Waals surface area contributed by atoms with E-state index in [1.807, 2.05) is 0 Å². The molecule has 1 rings (SSSR count). The molecule has 0 saturated heterocycles. The lowest BCUT2D eigenvalue weighted by molar-refractivity contribution is -0.137. The molecule has 0 aliphatic carbocycles. The lowest BCUT2D eigenvalue weighted by Crippen LogP contribution is -2.03. The number of unbranched alkanes of at least 4 members (excludes halogenated alkanes) is 1. The average Bonchev–Trinajstić information content (AvgIpc) is 2.42. The number of rotatable bonds is 8. The molecular formula is C14H17ClO5. The van der Waals surface area contributed by atoms with Gasteiger partial charge in [0.1, 0.15) is 0 Å². The summed E-state index contributed by atoms with van der Waals surface area (Å²) >= 11 is 6.04. The molecule has 20 heavy (non-hydrogen) atoms. The van der Waals surface area contributed by atoms with Crippen LogP contribution in [-0.2, 0) is 4.79 Å². The van der Waals surface area contributed by atoms with E-state index in [1.165, 1.54) is 20.3 Å². The lowest BCUT2D eigenvalue weighted by Gasteiger charge is -2.11. The van der Waals surface area contributed by atoms with E-state index in [0.29, 0.717) is 34.9 Å². The number of Topliss-reactive ketones (excluding diaryl/α,β-unsaturated/α-hetero) is 1. The smallest absolute Gasteiger partial charge is 0.303 e. The Bertz CT molecular complexity index is 499. The highest BCUT2D eigenvalue weighted by molar-refractivity contribution is 6.34. The van der Waals surface area contributed by atoms with E-state index < -0.39 is 5.97 Å². The van der Waals surface area contributed by atoms with Crippen molar-refractivity contribution in [3.8, 4) is 11.5 Å². The Labute approximate surface area is 122 Å². The van der Waals surface area contributed by atoms with Crippen molar-refractivity contribution in [1.82, 2.24) is 0 Å². The molecule has 0 heterocycles. The first-order valence-electron chi connectivity index (χ1n) is 6.16. The lowest BCUT2D eigenvalue weighted by atomic mass is 10.0. The van der Waals surface area contributed by atoms with Gasteiger partial charge in [-0.15, -0.1) is 0 Å². The fraction of sp³-hybridized carbons (Fsp3) is 0.429. The largest absolute Gasteiger partial charge is 0.493 e. The summed E-state index contributed by atoms with van der Waals surface area (Å²) in [5, 5.41) is 8.83. The summed E-state index contributed by atoms with van der Waals surface area (Å²) in [6.07, 6.45) is 1.29. The summed E-state index contributed by atoms with van der Waals surface area (Å²) in [5.74, 6) is -0.103. The third-order valence-corrected chi connectivity index (χ3v) is 3.13. The van der Waals surface area contributed by atoms with Gasteiger partial charge in [0.05, 0.1) is 19.2 Å². The number of carbonyl (C=O) groups is 2. The topological polar surface area (TPSA) is 72.8 Å². The second kappa shape index (κ2) is 7.75. The molecule has 0 spiro atoms. The standard InChI is InChI=1S/C14H17ClO5/c1-19-12-7-9(10(15)8-13(12)20-2)11(16)5-3-4-6-14(17)18/h7-8H,3-6H2,1-2H3,(H,17,18). The van der Waals surface area contributed by atoms with Gasteiger partial charge in [0, 0.05) is 24.5 Å². The molecule has 6 heteroatoms. The molecule has 5 nitrogen and oxygen atoms in total. The predicted octanol–water partition coefficient (Wildman–Crippen LogP) is 3.18. The van der Waals surface area contributed by atoms with Crippen LogP contribution < -0.4 is 9.47 Å². The summed E-state index contributed by atoms with van der Waals surface area (Å²) in [6.45, 7) is 0. The molecule has 0 aliphatic heterocycles. The van der Waals surface area contributed by atoms with Crippen molar-refractivity contribution < 1.29 is 24.2 Å². The van der Waals surface area contributed by atoms with Crippen molar-refractivity contribution >= 4 is 23.4 Å². The molecule has 0 saturated carbocycles. The maximum Gasteiger partial charge on any atom is 0.303 e. The van der Waals surface area contributed by atoms with Crippen LogP contribution in [0.1, 0.15) is 36.0 Å². The van der Waals surface area contributed by atoms with E-state index in [9.17, 15) is 9.59 Å². The van der Waals surface area contributed by atoms with Crippen LogP contribution in [0.3, 0.4) is 0 Å². The Morgan fingerprint density at radius 3 is 2.20 bits per heavy atom. The zero-order chi connectivity index (χ0) is 15.1. The highest BCUT2D eigenvalue weighted by Gasteiger charge is 2.15. The third-order valence-electron chi connectivity index (χ3n) is 2.82. The van der Waals surface area contributed by atoms with Crippen LogP contribution in [-0.4, -0.2) is 31.1 Å². The number of ketones is 1. The Kier molecular flexibility index (Phi) is 6.31. The van der Waals surface area contributed by atoms with Crippen molar-refractivity contribution in [3.05, 3.63) is 22.7 Å². The number of benzene rings is 1. The number of carboxylic acid groups (broad SMARTS) is 1. The van der Waals surface area contributed by atoms with E-state index in [-0.39, 0.29) is 18.6 Å². The van der Waals surface area contributed by atoms with Gasteiger partial charge in [-0.1, -0.05) is 11.6 Å². The molecule has 110 valence electrons. The number of ether oxygens (including phenoxy) is 2. The number of methoxy groups -OCH3 is 2. The van der Waals surface area contributed by atoms with Crippen LogP contribution in [0.15, 0.2) is 12.1 Å². The first kappa shape index (κ1) is 16.3. The van der Waals surface area contributed by atoms with Crippen molar-refractivity contribution in [3.63, 3.8) is 0 Å². The number of carboxylic acids is 1. The van der Waals surface area contributed by atoms with E-state index >= 15 is 0 Å². The van der Waals surface area contributed by atoms with Crippen LogP contribution in [0, 0.1) is 0 Å². The van der Waals surface area contributed by atoms with Crippen molar-refractivity contribution in [1.29, 1.82) is 0 Å². The monoisotopic (exact) mass is 300 g/mol. The highest BCUT2D eigenvalue weighted by Crippen LogP contribution is 2.33.